The van der Waals surface area contributed by atoms with Crippen molar-refractivity contribution in [2.45, 2.75) is 45.2 Å². The first-order chi connectivity index (χ1) is 6.77. The average Bonchev–Trinajstić information content (AvgIpc) is 2.43. The van der Waals surface area contributed by atoms with Crippen LogP contribution in [-0.4, -0.2) is 48.3 Å². The van der Waals surface area contributed by atoms with Crippen molar-refractivity contribution in [1.29, 1.82) is 0 Å². The van der Waals surface area contributed by atoms with Gasteiger partial charge in [-0.3, -0.25) is 4.90 Å². The maximum absolute atomic E-state index is 8.93. The van der Waals surface area contributed by atoms with Gasteiger partial charge >= 0.3 is 0 Å². The lowest BCUT2D eigenvalue weighted by molar-refractivity contribution is 0.185. The zero-order valence-electron chi connectivity index (χ0n) is 9.50. The van der Waals surface area contributed by atoms with E-state index < -0.39 is 0 Å². The molecule has 2 atom stereocenters. The Morgan fingerprint density at radius 1 is 1.57 bits per heavy atom. The van der Waals surface area contributed by atoms with Gasteiger partial charge in [-0.1, -0.05) is 6.92 Å². The van der Waals surface area contributed by atoms with E-state index in [0.717, 1.165) is 19.5 Å². The molecule has 0 aromatic carbocycles. The number of aliphatic hydroxyl groups is 1. The van der Waals surface area contributed by atoms with Gasteiger partial charge in [-0.25, -0.2) is 0 Å². The predicted molar refractivity (Wildman–Crippen MR) is 59.4 cm³/mol. The van der Waals surface area contributed by atoms with Crippen LogP contribution in [0.2, 0.25) is 0 Å². The van der Waals surface area contributed by atoms with E-state index in [1.165, 1.54) is 19.4 Å². The summed E-state index contributed by atoms with van der Waals surface area (Å²) in [6.45, 7) is 8.22. The quantitative estimate of drug-likeness (QED) is 0.705. The lowest BCUT2D eigenvalue weighted by atomic mass is 10.1. The van der Waals surface area contributed by atoms with Crippen molar-refractivity contribution < 1.29 is 5.11 Å². The van der Waals surface area contributed by atoms with Crippen LogP contribution in [0.4, 0.5) is 0 Å². The Morgan fingerprint density at radius 2 is 2.36 bits per heavy atom. The van der Waals surface area contributed by atoms with E-state index in [-0.39, 0.29) is 0 Å². The summed E-state index contributed by atoms with van der Waals surface area (Å²) in [6.07, 6.45) is 3.32. The van der Waals surface area contributed by atoms with E-state index in [2.05, 4.69) is 24.1 Å². The van der Waals surface area contributed by atoms with Gasteiger partial charge in [0.1, 0.15) is 0 Å². The van der Waals surface area contributed by atoms with E-state index >= 15 is 0 Å². The molecule has 1 fully saturated rings. The number of hydrogen-bond donors (Lipinski definition) is 2. The van der Waals surface area contributed by atoms with Gasteiger partial charge in [0.2, 0.25) is 0 Å². The molecule has 3 nitrogen and oxygen atoms in total. The monoisotopic (exact) mass is 200 g/mol. The van der Waals surface area contributed by atoms with Crippen molar-refractivity contribution >= 4 is 0 Å². The molecule has 0 aromatic heterocycles. The minimum absolute atomic E-state index is 0.298. The van der Waals surface area contributed by atoms with Crippen LogP contribution < -0.4 is 5.32 Å². The largest absolute Gasteiger partial charge is 0.396 e. The van der Waals surface area contributed by atoms with E-state index in [1.54, 1.807) is 0 Å². The van der Waals surface area contributed by atoms with Gasteiger partial charge in [-0.05, 0) is 39.3 Å². The Balaban J connectivity index is 2.42. The molecule has 0 spiro atoms. The Labute approximate surface area is 87.5 Å². The van der Waals surface area contributed by atoms with Gasteiger partial charge in [-0.2, -0.15) is 0 Å². The molecule has 2 unspecified atom stereocenters. The molecular formula is C11H24N2O. The number of aliphatic hydroxyl groups excluding tert-OH is 1. The number of rotatable bonds is 4. The van der Waals surface area contributed by atoms with Crippen LogP contribution in [0.3, 0.4) is 0 Å². The fourth-order valence-corrected chi connectivity index (χ4v) is 2.03. The Bertz CT molecular complexity index is 152. The van der Waals surface area contributed by atoms with Crippen molar-refractivity contribution in [3.8, 4) is 0 Å². The summed E-state index contributed by atoms with van der Waals surface area (Å²) >= 11 is 0. The molecule has 0 aliphatic carbocycles. The average molecular weight is 200 g/mol. The normalized spacial score (nSPS) is 27.2. The smallest absolute Gasteiger partial charge is 0.0446 e. The molecule has 1 saturated heterocycles. The molecular weight excluding hydrogens is 176 g/mol. The summed E-state index contributed by atoms with van der Waals surface area (Å²) in [5.41, 5.74) is 0. The van der Waals surface area contributed by atoms with Crippen LogP contribution in [0, 0.1) is 0 Å². The Morgan fingerprint density at radius 3 is 3.00 bits per heavy atom. The summed E-state index contributed by atoms with van der Waals surface area (Å²) in [5, 5.41) is 12.4. The lowest BCUT2D eigenvalue weighted by Gasteiger charge is -2.29. The molecule has 1 rings (SSSR count). The van der Waals surface area contributed by atoms with Crippen LogP contribution in [0.1, 0.15) is 33.1 Å². The Kier molecular flexibility index (Phi) is 5.45. The first-order valence-electron chi connectivity index (χ1n) is 5.86. The maximum Gasteiger partial charge on any atom is 0.0446 e. The van der Waals surface area contributed by atoms with Crippen LogP contribution in [0.25, 0.3) is 0 Å². The van der Waals surface area contributed by atoms with Gasteiger partial charge in [0.05, 0.1) is 0 Å². The van der Waals surface area contributed by atoms with Crippen LogP contribution >= 0.6 is 0 Å². The molecule has 0 amide bonds. The van der Waals surface area contributed by atoms with E-state index in [0.29, 0.717) is 18.7 Å². The third kappa shape index (κ3) is 3.56. The highest BCUT2D eigenvalue weighted by Crippen LogP contribution is 2.09. The minimum atomic E-state index is 0.298. The van der Waals surface area contributed by atoms with E-state index in [9.17, 15) is 0 Å². The van der Waals surface area contributed by atoms with E-state index in [1.807, 2.05) is 0 Å². The molecule has 0 bridgehead atoms. The van der Waals surface area contributed by atoms with Crippen LogP contribution in [0.5, 0.6) is 0 Å². The topological polar surface area (TPSA) is 35.5 Å². The fraction of sp³-hybridized carbons (Fsp3) is 1.00. The van der Waals surface area contributed by atoms with Crippen LogP contribution in [0.15, 0.2) is 0 Å². The highest BCUT2D eigenvalue weighted by Gasteiger charge is 2.19. The molecule has 0 aromatic rings. The zero-order chi connectivity index (χ0) is 10.4. The van der Waals surface area contributed by atoms with Crippen molar-refractivity contribution in [3.63, 3.8) is 0 Å². The maximum atomic E-state index is 8.93. The first-order valence-corrected chi connectivity index (χ1v) is 5.86. The second-order valence-corrected chi connectivity index (χ2v) is 4.27. The fourth-order valence-electron chi connectivity index (χ4n) is 2.03. The van der Waals surface area contributed by atoms with Gasteiger partial charge in [-0.15, -0.1) is 0 Å². The molecule has 0 radical (unpaired) electrons. The SMILES string of the molecule is CCC(C)N1CCCNC(CCO)C1. The molecule has 3 heteroatoms. The minimum Gasteiger partial charge on any atom is -0.396 e. The van der Waals surface area contributed by atoms with Gasteiger partial charge in [0.25, 0.3) is 0 Å². The first kappa shape index (κ1) is 12.0. The third-order valence-corrected chi connectivity index (χ3v) is 3.20. The van der Waals surface area contributed by atoms with Crippen molar-refractivity contribution in [2.75, 3.05) is 26.2 Å². The van der Waals surface area contributed by atoms with Crippen LogP contribution in [-0.2, 0) is 0 Å². The van der Waals surface area contributed by atoms with Gasteiger partial charge in [0, 0.05) is 25.2 Å². The summed E-state index contributed by atoms with van der Waals surface area (Å²) in [5.74, 6) is 0. The lowest BCUT2D eigenvalue weighted by Crippen LogP contribution is -2.41. The summed E-state index contributed by atoms with van der Waals surface area (Å²) < 4.78 is 0. The summed E-state index contributed by atoms with van der Waals surface area (Å²) in [4.78, 5) is 2.54. The Hall–Kier alpha value is -0.120. The highest BCUT2D eigenvalue weighted by molar-refractivity contribution is 4.78. The molecule has 1 aliphatic rings. The second-order valence-electron chi connectivity index (χ2n) is 4.27. The zero-order valence-corrected chi connectivity index (χ0v) is 9.50. The van der Waals surface area contributed by atoms with Crippen molar-refractivity contribution in [2.24, 2.45) is 0 Å². The number of nitrogens with one attached hydrogen (secondary N) is 1. The third-order valence-electron chi connectivity index (χ3n) is 3.20. The predicted octanol–water partition coefficient (Wildman–Crippen LogP) is 0.831. The van der Waals surface area contributed by atoms with Crippen molar-refractivity contribution in [3.05, 3.63) is 0 Å². The molecule has 84 valence electrons. The van der Waals surface area contributed by atoms with Crippen molar-refractivity contribution in [1.82, 2.24) is 10.2 Å². The van der Waals surface area contributed by atoms with Gasteiger partial charge < -0.3 is 10.4 Å². The molecule has 1 aliphatic heterocycles. The highest BCUT2D eigenvalue weighted by atomic mass is 16.3. The van der Waals surface area contributed by atoms with Gasteiger partial charge in [0.15, 0.2) is 0 Å². The second kappa shape index (κ2) is 6.38. The summed E-state index contributed by atoms with van der Waals surface area (Å²) in [6, 6.07) is 1.16. The standard InChI is InChI=1S/C11H24N2O/c1-3-10(2)13-7-4-6-12-11(9-13)5-8-14/h10-12,14H,3-9H2,1-2H3. The molecule has 2 N–H and O–H groups in total. The summed E-state index contributed by atoms with van der Waals surface area (Å²) in [7, 11) is 0. The van der Waals surface area contributed by atoms with E-state index in [4.69, 9.17) is 5.11 Å². The number of nitrogens with zero attached hydrogens (tertiary/aromatic N) is 1. The number of hydrogen-bond acceptors (Lipinski definition) is 3. The molecule has 14 heavy (non-hydrogen) atoms. The molecule has 1 heterocycles. The molecule has 0 saturated carbocycles.